The van der Waals surface area contributed by atoms with E-state index in [0.29, 0.717) is 46.5 Å². The number of halogens is 1. The van der Waals surface area contributed by atoms with Crippen molar-refractivity contribution in [1.29, 1.82) is 0 Å². The minimum atomic E-state index is -0.889. The first kappa shape index (κ1) is 20.0. The van der Waals surface area contributed by atoms with Crippen LogP contribution in [0.15, 0.2) is 30.6 Å². The zero-order valence-electron chi connectivity index (χ0n) is 15.7. The second-order valence-electron chi connectivity index (χ2n) is 6.64. The molecule has 4 rings (SSSR count). The smallest absolute Gasteiger partial charge is 0.208 e. The first-order valence-corrected chi connectivity index (χ1v) is 10.7. The number of fused-ring (bicyclic) bond motifs is 1. The molecule has 1 aliphatic heterocycles. The van der Waals surface area contributed by atoms with Crippen molar-refractivity contribution in [2.75, 3.05) is 11.1 Å². The van der Waals surface area contributed by atoms with Crippen molar-refractivity contribution in [2.45, 2.75) is 37.5 Å². The molecule has 3 N–H and O–H groups in total. The van der Waals surface area contributed by atoms with E-state index in [9.17, 15) is 10.2 Å². The van der Waals surface area contributed by atoms with Crippen molar-refractivity contribution in [3.05, 3.63) is 47.0 Å². The van der Waals surface area contributed by atoms with Crippen LogP contribution in [0.1, 0.15) is 30.1 Å². The van der Waals surface area contributed by atoms with Gasteiger partial charge in [-0.1, -0.05) is 36.6 Å². The van der Waals surface area contributed by atoms with E-state index in [1.54, 1.807) is 10.9 Å². The van der Waals surface area contributed by atoms with Crippen LogP contribution in [0.3, 0.4) is 0 Å². The van der Waals surface area contributed by atoms with E-state index in [4.69, 9.17) is 11.6 Å². The molecule has 1 fully saturated rings. The lowest BCUT2D eigenvalue weighted by atomic mass is 10.2. The highest BCUT2D eigenvalue weighted by molar-refractivity contribution is 7.99. The maximum absolute atomic E-state index is 10.3. The number of hydrogen-bond acceptors (Lipinski definition) is 7. The van der Waals surface area contributed by atoms with Crippen molar-refractivity contribution >= 4 is 40.3 Å². The maximum atomic E-state index is 10.3. The number of rotatable bonds is 4. The molecular formula is C20H20ClN5O2S. The highest BCUT2D eigenvalue weighted by atomic mass is 35.5. The normalized spacial score (nSPS) is 21.2. The molecule has 3 atom stereocenters. The van der Waals surface area contributed by atoms with Crippen LogP contribution in [0.4, 0.5) is 5.82 Å². The molecule has 1 aliphatic rings. The van der Waals surface area contributed by atoms with Gasteiger partial charge in [0.25, 0.3) is 0 Å². The Morgan fingerprint density at radius 3 is 2.93 bits per heavy atom. The van der Waals surface area contributed by atoms with Crippen molar-refractivity contribution in [1.82, 2.24) is 19.5 Å². The summed E-state index contributed by atoms with van der Waals surface area (Å²) in [7, 11) is 0. The molecule has 29 heavy (non-hydrogen) atoms. The van der Waals surface area contributed by atoms with E-state index in [2.05, 4.69) is 32.1 Å². The van der Waals surface area contributed by atoms with Crippen LogP contribution in [0.25, 0.3) is 11.2 Å². The number of nitrogens with one attached hydrogen (secondary N) is 1. The molecule has 3 heterocycles. The fourth-order valence-corrected chi connectivity index (χ4v) is 4.61. The van der Waals surface area contributed by atoms with Crippen LogP contribution in [0.5, 0.6) is 0 Å². The Morgan fingerprint density at radius 2 is 2.21 bits per heavy atom. The van der Waals surface area contributed by atoms with Gasteiger partial charge in [-0.15, -0.1) is 11.8 Å². The Balaban J connectivity index is 1.72. The molecule has 150 valence electrons. The number of anilines is 1. The lowest BCUT2D eigenvalue weighted by molar-refractivity contribution is 0.0313. The number of nitrogens with zero attached hydrogens (tertiary/aromatic N) is 4. The van der Waals surface area contributed by atoms with E-state index in [1.165, 1.54) is 11.8 Å². The summed E-state index contributed by atoms with van der Waals surface area (Å²) in [5, 5.41) is 23.8. The second-order valence-corrected chi connectivity index (χ2v) is 8.23. The first-order chi connectivity index (χ1) is 14.1. The summed E-state index contributed by atoms with van der Waals surface area (Å²) >= 11 is 7.54. The highest BCUT2D eigenvalue weighted by Crippen LogP contribution is 2.38. The van der Waals surface area contributed by atoms with E-state index < -0.39 is 12.2 Å². The lowest BCUT2D eigenvalue weighted by Crippen LogP contribution is -2.27. The van der Waals surface area contributed by atoms with Crippen molar-refractivity contribution in [2.24, 2.45) is 0 Å². The van der Waals surface area contributed by atoms with Gasteiger partial charge in [0.2, 0.25) is 5.82 Å². The van der Waals surface area contributed by atoms with Gasteiger partial charge in [0.1, 0.15) is 11.5 Å². The molecule has 1 saturated heterocycles. The van der Waals surface area contributed by atoms with Gasteiger partial charge < -0.3 is 15.5 Å². The van der Waals surface area contributed by atoms with Gasteiger partial charge in [0.15, 0.2) is 17.0 Å². The maximum Gasteiger partial charge on any atom is 0.208 e. The van der Waals surface area contributed by atoms with E-state index in [0.717, 1.165) is 5.56 Å². The van der Waals surface area contributed by atoms with E-state index in [-0.39, 0.29) is 5.37 Å². The molecule has 0 aliphatic carbocycles. The van der Waals surface area contributed by atoms with Crippen molar-refractivity contribution in [3.8, 4) is 11.8 Å². The molecule has 7 nitrogen and oxygen atoms in total. The molecule has 0 unspecified atom stereocenters. The third-order valence-corrected chi connectivity index (χ3v) is 6.16. The molecule has 0 bridgehead atoms. The minimum Gasteiger partial charge on any atom is -0.389 e. The summed E-state index contributed by atoms with van der Waals surface area (Å²) in [5.74, 6) is 7.36. The van der Waals surface area contributed by atoms with E-state index in [1.807, 2.05) is 31.2 Å². The Kier molecular flexibility index (Phi) is 5.92. The first-order valence-electron chi connectivity index (χ1n) is 9.26. The summed E-state index contributed by atoms with van der Waals surface area (Å²) < 4.78 is 1.78. The fourth-order valence-electron chi connectivity index (χ4n) is 3.11. The highest BCUT2D eigenvalue weighted by Gasteiger charge is 2.36. The zero-order chi connectivity index (χ0) is 20.4. The Labute approximate surface area is 177 Å². The molecular weight excluding hydrogens is 410 g/mol. The molecule has 0 saturated carbocycles. The SMILES string of the molecule is CCC#Cc1nc(NCc2cccc(Cl)c2)c2ncn([C@@H]3SC[C@@H](O)[C@H]3O)c2n1. The molecule has 0 spiro atoms. The second kappa shape index (κ2) is 8.59. The average Bonchev–Trinajstić information content (AvgIpc) is 3.28. The number of imidazole rings is 1. The summed E-state index contributed by atoms with van der Waals surface area (Å²) in [6.45, 7) is 2.47. The van der Waals surface area contributed by atoms with Gasteiger partial charge in [0, 0.05) is 23.7 Å². The van der Waals surface area contributed by atoms with Crippen LogP contribution in [-0.2, 0) is 6.54 Å². The number of aliphatic hydroxyl groups excluding tert-OH is 2. The summed E-state index contributed by atoms with van der Waals surface area (Å²) in [6.07, 6.45) is 0.652. The summed E-state index contributed by atoms with van der Waals surface area (Å²) in [6, 6.07) is 7.58. The molecule has 1 aromatic carbocycles. The third kappa shape index (κ3) is 4.19. The summed E-state index contributed by atoms with van der Waals surface area (Å²) in [4.78, 5) is 13.6. The average molecular weight is 430 g/mol. The van der Waals surface area contributed by atoms with Crippen LogP contribution in [-0.4, -0.2) is 47.7 Å². The van der Waals surface area contributed by atoms with Gasteiger partial charge in [0.05, 0.1) is 12.4 Å². The van der Waals surface area contributed by atoms with Crippen LogP contribution in [0, 0.1) is 11.8 Å². The molecule has 9 heteroatoms. The van der Waals surface area contributed by atoms with Gasteiger partial charge in [-0.05, 0) is 23.6 Å². The fraction of sp³-hybridized carbons (Fsp3) is 0.350. The molecule has 3 aromatic rings. The quantitative estimate of drug-likeness (QED) is 0.549. The van der Waals surface area contributed by atoms with Gasteiger partial charge in [-0.3, -0.25) is 4.57 Å². The number of hydrogen-bond donors (Lipinski definition) is 3. The van der Waals surface area contributed by atoms with Crippen molar-refractivity contribution < 1.29 is 10.2 Å². The Hall–Kier alpha value is -2.31. The number of aliphatic hydroxyl groups is 2. The number of benzene rings is 1. The molecule has 0 amide bonds. The Bertz CT molecular complexity index is 1090. The minimum absolute atomic E-state index is 0.363. The predicted molar refractivity (Wildman–Crippen MR) is 115 cm³/mol. The Morgan fingerprint density at radius 1 is 1.34 bits per heavy atom. The van der Waals surface area contributed by atoms with Crippen LogP contribution >= 0.6 is 23.4 Å². The summed E-state index contributed by atoms with van der Waals surface area (Å²) in [5.41, 5.74) is 2.16. The molecule has 0 radical (unpaired) electrons. The topological polar surface area (TPSA) is 96.1 Å². The van der Waals surface area contributed by atoms with Crippen molar-refractivity contribution in [3.63, 3.8) is 0 Å². The largest absolute Gasteiger partial charge is 0.389 e. The van der Waals surface area contributed by atoms with Gasteiger partial charge >= 0.3 is 0 Å². The monoisotopic (exact) mass is 429 g/mol. The lowest BCUT2D eigenvalue weighted by Gasteiger charge is -2.17. The van der Waals surface area contributed by atoms with E-state index >= 15 is 0 Å². The predicted octanol–water partition coefficient (Wildman–Crippen LogP) is 2.82. The standard InChI is InChI=1S/C20H20ClN5O2S/c1-2-3-7-15-24-18(22-9-12-5-4-6-13(21)8-12)16-19(25-15)26(11-23-16)20-17(28)14(27)10-29-20/h4-6,8,11,14,17,20,27-28H,2,9-10H2,1H3,(H,22,24,25)/t14-,17-,20-/m1/s1. The number of aromatic nitrogens is 4. The molecule has 2 aromatic heterocycles. The zero-order valence-corrected chi connectivity index (χ0v) is 17.3. The van der Waals surface area contributed by atoms with Crippen LogP contribution in [0.2, 0.25) is 5.02 Å². The van der Waals surface area contributed by atoms with Crippen LogP contribution < -0.4 is 5.32 Å². The third-order valence-electron chi connectivity index (χ3n) is 4.55. The number of thioether (sulfide) groups is 1. The van der Waals surface area contributed by atoms with Gasteiger partial charge in [-0.25, -0.2) is 15.0 Å². The van der Waals surface area contributed by atoms with Gasteiger partial charge in [-0.2, -0.15) is 0 Å².